The van der Waals surface area contributed by atoms with Crippen LogP contribution in [0, 0.1) is 11.8 Å². The maximum atomic E-state index is 13.0. The summed E-state index contributed by atoms with van der Waals surface area (Å²) in [5, 5.41) is 0. The first-order chi connectivity index (χ1) is 14.9. The number of piperidine rings is 1. The van der Waals surface area contributed by atoms with Crippen molar-refractivity contribution in [3.63, 3.8) is 0 Å². The molecule has 8 nitrogen and oxygen atoms in total. The minimum Gasteiger partial charge on any atom is -0.494 e. The lowest BCUT2D eigenvalue weighted by atomic mass is 9.96. The molecule has 1 aromatic carbocycles. The molecule has 3 aliphatic rings. The summed E-state index contributed by atoms with van der Waals surface area (Å²) < 4.78 is 32.7. The Morgan fingerprint density at radius 2 is 1.55 bits per heavy atom. The third-order valence-electron chi connectivity index (χ3n) is 6.33. The van der Waals surface area contributed by atoms with Gasteiger partial charge in [-0.2, -0.15) is 4.31 Å². The first-order valence-electron chi connectivity index (χ1n) is 11.2. The second-order valence-electron chi connectivity index (χ2n) is 8.53. The van der Waals surface area contributed by atoms with Crippen LogP contribution >= 0.6 is 0 Å². The monoisotopic (exact) mass is 449 g/mol. The summed E-state index contributed by atoms with van der Waals surface area (Å²) in [6.45, 7) is 4.95. The highest BCUT2D eigenvalue weighted by Crippen LogP contribution is 2.33. The minimum absolute atomic E-state index is 0.0476. The number of benzene rings is 1. The van der Waals surface area contributed by atoms with Gasteiger partial charge in [0.05, 0.1) is 17.4 Å². The number of rotatable bonds is 6. The number of hydrogen-bond acceptors (Lipinski definition) is 5. The van der Waals surface area contributed by atoms with Crippen LogP contribution in [0.3, 0.4) is 0 Å². The topological polar surface area (TPSA) is 87.2 Å². The molecule has 0 aromatic heterocycles. The molecule has 0 spiro atoms. The third-order valence-corrected chi connectivity index (χ3v) is 8.24. The highest BCUT2D eigenvalue weighted by Gasteiger charge is 2.38. The zero-order valence-corrected chi connectivity index (χ0v) is 18.8. The van der Waals surface area contributed by atoms with Crippen LogP contribution in [0.4, 0.5) is 0 Å². The standard InChI is InChI=1S/C22H31N3O5S/c1-2-30-19-7-9-20(10-8-19)31(28,29)25-14-12-23(13-15-25)22(27)18-4-3-11-24(16-18)21(26)17-5-6-17/h7-10,17-18H,2-6,11-16H2,1H3. The molecule has 0 bridgehead atoms. The zero-order chi connectivity index (χ0) is 22.0. The average Bonchev–Trinajstić information content (AvgIpc) is 3.64. The van der Waals surface area contributed by atoms with E-state index in [2.05, 4.69) is 0 Å². The summed E-state index contributed by atoms with van der Waals surface area (Å²) in [6, 6.07) is 6.44. The lowest BCUT2D eigenvalue weighted by Gasteiger charge is -2.38. The lowest BCUT2D eigenvalue weighted by molar-refractivity contribution is -0.142. The summed E-state index contributed by atoms with van der Waals surface area (Å²) in [5.74, 6) is 0.879. The Labute approximate surface area is 184 Å². The average molecular weight is 450 g/mol. The van der Waals surface area contributed by atoms with Gasteiger partial charge in [-0.25, -0.2) is 8.42 Å². The Bertz CT molecular complexity index is 906. The van der Waals surface area contributed by atoms with Crippen molar-refractivity contribution in [2.45, 2.75) is 37.5 Å². The number of ether oxygens (including phenoxy) is 1. The Morgan fingerprint density at radius 1 is 0.903 bits per heavy atom. The SMILES string of the molecule is CCOc1ccc(S(=O)(=O)N2CCN(C(=O)C3CCCN(C(=O)C4CC4)C3)CC2)cc1. The van der Waals surface area contributed by atoms with E-state index in [4.69, 9.17) is 4.74 Å². The Hall–Kier alpha value is -2.13. The quantitative estimate of drug-likeness (QED) is 0.658. The number of nitrogens with zero attached hydrogens (tertiary/aromatic N) is 3. The maximum Gasteiger partial charge on any atom is 0.243 e. The largest absolute Gasteiger partial charge is 0.494 e. The molecule has 31 heavy (non-hydrogen) atoms. The number of amides is 2. The second-order valence-corrected chi connectivity index (χ2v) is 10.5. The molecule has 1 aliphatic carbocycles. The number of piperazine rings is 1. The van der Waals surface area contributed by atoms with Crippen LogP contribution in [0.5, 0.6) is 5.75 Å². The summed E-state index contributed by atoms with van der Waals surface area (Å²) in [4.78, 5) is 29.3. The van der Waals surface area contributed by atoms with Crippen LogP contribution in [0.15, 0.2) is 29.2 Å². The van der Waals surface area contributed by atoms with E-state index < -0.39 is 10.0 Å². The van der Waals surface area contributed by atoms with Gasteiger partial charge >= 0.3 is 0 Å². The van der Waals surface area contributed by atoms with E-state index in [0.717, 1.165) is 32.2 Å². The van der Waals surface area contributed by atoms with Gasteiger partial charge in [0.1, 0.15) is 5.75 Å². The van der Waals surface area contributed by atoms with E-state index in [1.54, 1.807) is 29.2 Å². The molecule has 1 atom stereocenters. The fraction of sp³-hybridized carbons (Fsp3) is 0.636. The van der Waals surface area contributed by atoms with Crippen LogP contribution in [-0.4, -0.2) is 80.2 Å². The molecule has 2 aliphatic heterocycles. The zero-order valence-electron chi connectivity index (χ0n) is 18.0. The van der Waals surface area contributed by atoms with E-state index in [1.165, 1.54) is 4.31 Å². The Morgan fingerprint density at radius 3 is 2.16 bits per heavy atom. The van der Waals surface area contributed by atoms with Crippen molar-refractivity contribution in [1.82, 2.24) is 14.1 Å². The van der Waals surface area contributed by atoms with Gasteiger partial charge in [0.2, 0.25) is 21.8 Å². The van der Waals surface area contributed by atoms with Gasteiger partial charge < -0.3 is 14.5 Å². The Balaban J connectivity index is 1.33. The number of likely N-dealkylation sites (tertiary alicyclic amines) is 1. The minimum atomic E-state index is -3.60. The van der Waals surface area contributed by atoms with Crippen LogP contribution in [0.25, 0.3) is 0 Å². The van der Waals surface area contributed by atoms with Gasteiger partial charge in [0, 0.05) is 45.2 Å². The normalized spacial score (nSPS) is 22.9. The predicted molar refractivity (Wildman–Crippen MR) is 115 cm³/mol. The Kier molecular flexibility index (Phi) is 6.52. The van der Waals surface area contributed by atoms with Gasteiger partial charge in [-0.05, 0) is 56.9 Å². The summed E-state index contributed by atoms with van der Waals surface area (Å²) in [5.41, 5.74) is 0. The summed E-state index contributed by atoms with van der Waals surface area (Å²) >= 11 is 0. The highest BCUT2D eigenvalue weighted by atomic mass is 32.2. The van der Waals surface area contributed by atoms with Crippen molar-refractivity contribution in [2.24, 2.45) is 11.8 Å². The molecule has 2 saturated heterocycles. The van der Waals surface area contributed by atoms with Gasteiger partial charge in [-0.3, -0.25) is 9.59 Å². The van der Waals surface area contributed by atoms with Gasteiger partial charge in [0.25, 0.3) is 0 Å². The van der Waals surface area contributed by atoms with Crippen molar-refractivity contribution >= 4 is 21.8 Å². The van der Waals surface area contributed by atoms with Crippen molar-refractivity contribution in [3.05, 3.63) is 24.3 Å². The molecule has 1 unspecified atom stereocenters. The van der Waals surface area contributed by atoms with Crippen LogP contribution < -0.4 is 4.74 Å². The predicted octanol–water partition coefficient (Wildman–Crippen LogP) is 1.57. The van der Waals surface area contributed by atoms with Gasteiger partial charge in [0.15, 0.2) is 0 Å². The molecule has 9 heteroatoms. The molecular formula is C22H31N3O5S. The number of sulfonamides is 1. The van der Waals surface area contributed by atoms with E-state index in [9.17, 15) is 18.0 Å². The molecule has 0 radical (unpaired) electrons. The molecule has 170 valence electrons. The van der Waals surface area contributed by atoms with Crippen molar-refractivity contribution in [2.75, 3.05) is 45.9 Å². The molecule has 1 aromatic rings. The summed E-state index contributed by atoms with van der Waals surface area (Å²) in [7, 11) is -3.60. The summed E-state index contributed by atoms with van der Waals surface area (Å²) in [6.07, 6.45) is 3.58. The van der Waals surface area contributed by atoms with Crippen LogP contribution in [0.1, 0.15) is 32.6 Å². The van der Waals surface area contributed by atoms with E-state index in [1.807, 2.05) is 11.8 Å². The van der Waals surface area contributed by atoms with Crippen LogP contribution in [0.2, 0.25) is 0 Å². The van der Waals surface area contributed by atoms with Crippen molar-refractivity contribution in [3.8, 4) is 5.75 Å². The fourth-order valence-electron chi connectivity index (χ4n) is 4.40. The first-order valence-corrected chi connectivity index (χ1v) is 12.6. The molecule has 2 heterocycles. The molecule has 2 amide bonds. The number of carbonyl (C=O) groups excluding carboxylic acids is 2. The second kappa shape index (κ2) is 9.16. The van der Waals surface area contributed by atoms with Gasteiger partial charge in [-0.1, -0.05) is 0 Å². The van der Waals surface area contributed by atoms with E-state index in [-0.39, 0.29) is 41.6 Å². The first kappa shape index (κ1) is 22.1. The smallest absolute Gasteiger partial charge is 0.243 e. The molecule has 4 rings (SSSR count). The molecule has 0 N–H and O–H groups in total. The fourth-order valence-corrected chi connectivity index (χ4v) is 5.82. The lowest BCUT2D eigenvalue weighted by Crippen LogP contribution is -2.54. The number of hydrogen-bond donors (Lipinski definition) is 0. The van der Waals surface area contributed by atoms with Crippen molar-refractivity contribution in [1.29, 1.82) is 0 Å². The highest BCUT2D eigenvalue weighted by molar-refractivity contribution is 7.89. The van der Waals surface area contributed by atoms with Gasteiger partial charge in [-0.15, -0.1) is 0 Å². The molecular weight excluding hydrogens is 418 g/mol. The van der Waals surface area contributed by atoms with E-state index in [0.29, 0.717) is 32.0 Å². The van der Waals surface area contributed by atoms with Crippen LogP contribution in [-0.2, 0) is 19.6 Å². The number of carbonyl (C=O) groups is 2. The maximum absolute atomic E-state index is 13.0. The van der Waals surface area contributed by atoms with E-state index >= 15 is 0 Å². The van der Waals surface area contributed by atoms with Crippen molar-refractivity contribution < 1.29 is 22.7 Å². The molecule has 1 saturated carbocycles. The third kappa shape index (κ3) is 4.87. The molecule has 3 fully saturated rings.